The largest absolute Gasteiger partial charge is 0.314 e. The lowest BCUT2D eigenvalue weighted by Crippen LogP contribution is -2.30. The van der Waals surface area contributed by atoms with Crippen LogP contribution in [0.25, 0.3) is 0 Å². The van der Waals surface area contributed by atoms with Crippen molar-refractivity contribution < 1.29 is 0 Å². The topological polar surface area (TPSA) is 12.0 Å². The van der Waals surface area contributed by atoms with Crippen molar-refractivity contribution in [3.05, 3.63) is 35.9 Å². The molecule has 0 saturated heterocycles. The maximum absolute atomic E-state index is 3.64. The van der Waals surface area contributed by atoms with Crippen LogP contribution in [0.15, 0.2) is 30.3 Å². The van der Waals surface area contributed by atoms with Gasteiger partial charge in [-0.3, -0.25) is 0 Å². The molecule has 0 aliphatic heterocycles. The first-order valence-corrected chi connectivity index (χ1v) is 6.99. The van der Waals surface area contributed by atoms with Crippen LogP contribution >= 0.6 is 0 Å². The fraction of sp³-hybridized carbons (Fsp3) is 0.625. The minimum atomic E-state index is 0.620. The summed E-state index contributed by atoms with van der Waals surface area (Å²) >= 11 is 0. The zero-order valence-electron chi connectivity index (χ0n) is 11.6. The van der Waals surface area contributed by atoms with E-state index in [1.807, 2.05) is 0 Å². The number of rotatable bonds is 8. The van der Waals surface area contributed by atoms with Crippen LogP contribution in [-0.2, 0) is 6.42 Å². The third-order valence-electron chi connectivity index (χ3n) is 3.31. The summed E-state index contributed by atoms with van der Waals surface area (Å²) in [5.74, 6) is 0.805. The molecule has 1 heteroatoms. The Hall–Kier alpha value is -0.820. The molecule has 96 valence electrons. The molecule has 1 rings (SSSR count). The Morgan fingerprint density at radius 2 is 1.76 bits per heavy atom. The zero-order valence-corrected chi connectivity index (χ0v) is 11.6. The second-order valence-electron chi connectivity index (χ2n) is 5.23. The second-order valence-corrected chi connectivity index (χ2v) is 5.23. The molecule has 0 spiro atoms. The van der Waals surface area contributed by atoms with Crippen molar-refractivity contribution >= 4 is 0 Å². The van der Waals surface area contributed by atoms with Crippen molar-refractivity contribution in [3.63, 3.8) is 0 Å². The molecule has 1 N–H and O–H groups in total. The Kier molecular flexibility index (Phi) is 6.95. The minimum Gasteiger partial charge on any atom is -0.314 e. The molecule has 0 radical (unpaired) electrons. The van der Waals surface area contributed by atoms with E-state index in [9.17, 15) is 0 Å². The Balaban J connectivity index is 2.15. The maximum atomic E-state index is 3.64. The van der Waals surface area contributed by atoms with Gasteiger partial charge in [0.2, 0.25) is 0 Å². The van der Waals surface area contributed by atoms with Crippen LogP contribution in [0.2, 0.25) is 0 Å². The van der Waals surface area contributed by atoms with Crippen molar-refractivity contribution in [2.75, 3.05) is 6.54 Å². The van der Waals surface area contributed by atoms with Gasteiger partial charge in [0.25, 0.3) is 0 Å². The van der Waals surface area contributed by atoms with Gasteiger partial charge in [0.15, 0.2) is 0 Å². The molecule has 0 aliphatic carbocycles. The number of hydrogen-bond donors (Lipinski definition) is 1. The summed E-state index contributed by atoms with van der Waals surface area (Å²) in [6.07, 6.45) is 5.03. The molecular formula is C16H27N. The quantitative estimate of drug-likeness (QED) is 0.714. The Labute approximate surface area is 107 Å². The van der Waals surface area contributed by atoms with Crippen LogP contribution < -0.4 is 5.32 Å². The van der Waals surface area contributed by atoms with E-state index in [0.29, 0.717) is 6.04 Å². The molecule has 0 saturated carbocycles. The molecule has 0 bridgehead atoms. The van der Waals surface area contributed by atoms with Crippen molar-refractivity contribution in [1.29, 1.82) is 0 Å². The van der Waals surface area contributed by atoms with Gasteiger partial charge in [-0.15, -0.1) is 0 Å². The van der Waals surface area contributed by atoms with Crippen LogP contribution in [0.3, 0.4) is 0 Å². The number of benzene rings is 1. The molecule has 2 atom stereocenters. The van der Waals surface area contributed by atoms with Gasteiger partial charge < -0.3 is 5.32 Å². The maximum Gasteiger partial charge on any atom is 0.00420 e. The molecular weight excluding hydrogens is 206 g/mol. The zero-order chi connectivity index (χ0) is 12.5. The van der Waals surface area contributed by atoms with E-state index in [0.717, 1.165) is 12.5 Å². The highest BCUT2D eigenvalue weighted by Crippen LogP contribution is 2.07. The molecule has 0 amide bonds. The second kappa shape index (κ2) is 8.30. The van der Waals surface area contributed by atoms with Crippen LogP contribution in [0, 0.1) is 5.92 Å². The van der Waals surface area contributed by atoms with Gasteiger partial charge in [-0.25, -0.2) is 0 Å². The first kappa shape index (κ1) is 14.2. The Morgan fingerprint density at radius 3 is 2.41 bits per heavy atom. The smallest absolute Gasteiger partial charge is 0.00420 e. The van der Waals surface area contributed by atoms with E-state index in [2.05, 4.69) is 56.4 Å². The van der Waals surface area contributed by atoms with Crippen LogP contribution in [-0.4, -0.2) is 12.6 Å². The third-order valence-corrected chi connectivity index (χ3v) is 3.31. The molecule has 1 aromatic carbocycles. The van der Waals surface area contributed by atoms with Crippen molar-refractivity contribution in [3.8, 4) is 0 Å². The first-order chi connectivity index (χ1) is 8.22. The highest BCUT2D eigenvalue weighted by Gasteiger charge is 2.05. The number of aryl methyl sites for hydroxylation is 1. The average molecular weight is 233 g/mol. The van der Waals surface area contributed by atoms with Gasteiger partial charge in [0, 0.05) is 6.04 Å². The van der Waals surface area contributed by atoms with Gasteiger partial charge in [0.1, 0.15) is 0 Å². The van der Waals surface area contributed by atoms with Crippen LogP contribution in [0.1, 0.15) is 45.6 Å². The molecule has 1 nitrogen and oxygen atoms in total. The van der Waals surface area contributed by atoms with Gasteiger partial charge in [-0.1, -0.05) is 50.6 Å². The number of nitrogens with one attached hydrogen (secondary N) is 1. The molecule has 0 fully saturated rings. The summed E-state index contributed by atoms with van der Waals surface area (Å²) in [7, 11) is 0. The lowest BCUT2D eigenvalue weighted by molar-refractivity contribution is 0.425. The van der Waals surface area contributed by atoms with Crippen molar-refractivity contribution in [2.24, 2.45) is 5.92 Å². The monoisotopic (exact) mass is 233 g/mol. The molecule has 2 unspecified atom stereocenters. The molecule has 0 aliphatic rings. The normalized spacial score (nSPS) is 14.5. The minimum absolute atomic E-state index is 0.620. The molecule has 17 heavy (non-hydrogen) atoms. The van der Waals surface area contributed by atoms with E-state index >= 15 is 0 Å². The average Bonchev–Trinajstić information content (AvgIpc) is 2.35. The Bertz CT molecular complexity index is 281. The van der Waals surface area contributed by atoms with Gasteiger partial charge in [-0.2, -0.15) is 0 Å². The van der Waals surface area contributed by atoms with Gasteiger partial charge in [-0.05, 0) is 44.2 Å². The highest BCUT2D eigenvalue weighted by molar-refractivity contribution is 5.14. The lowest BCUT2D eigenvalue weighted by atomic mass is 10.0. The predicted molar refractivity (Wildman–Crippen MR) is 76.3 cm³/mol. The lowest BCUT2D eigenvalue weighted by Gasteiger charge is -2.17. The van der Waals surface area contributed by atoms with E-state index in [1.54, 1.807) is 0 Å². The highest BCUT2D eigenvalue weighted by atomic mass is 14.9. The summed E-state index contributed by atoms with van der Waals surface area (Å²) in [6.45, 7) is 8.04. The first-order valence-electron chi connectivity index (χ1n) is 6.99. The summed E-state index contributed by atoms with van der Waals surface area (Å²) in [5, 5.41) is 3.64. The fourth-order valence-electron chi connectivity index (χ4n) is 2.13. The van der Waals surface area contributed by atoms with Crippen molar-refractivity contribution in [2.45, 2.75) is 52.5 Å². The van der Waals surface area contributed by atoms with Gasteiger partial charge >= 0.3 is 0 Å². The van der Waals surface area contributed by atoms with Crippen LogP contribution in [0.5, 0.6) is 0 Å². The van der Waals surface area contributed by atoms with Crippen molar-refractivity contribution in [1.82, 2.24) is 5.32 Å². The predicted octanol–water partition coefficient (Wildman–Crippen LogP) is 4.03. The molecule has 1 aromatic rings. The van der Waals surface area contributed by atoms with E-state index in [-0.39, 0.29) is 0 Å². The van der Waals surface area contributed by atoms with Crippen LogP contribution in [0.4, 0.5) is 0 Å². The molecule has 0 aromatic heterocycles. The number of hydrogen-bond acceptors (Lipinski definition) is 1. The van der Waals surface area contributed by atoms with Gasteiger partial charge in [0.05, 0.1) is 0 Å². The Morgan fingerprint density at radius 1 is 1.06 bits per heavy atom. The SMILES string of the molecule is CCCC(C)CNC(C)CCc1ccccc1. The summed E-state index contributed by atoms with van der Waals surface area (Å²) in [6, 6.07) is 11.4. The summed E-state index contributed by atoms with van der Waals surface area (Å²) in [4.78, 5) is 0. The van der Waals surface area contributed by atoms with E-state index in [1.165, 1.54) is 31.2 Å². The van der Waals surface area contributed by atoms with E-state index in [4.69, 9.17) is 0 Å². The fourth-order valence-corrected chi connectivity index (χ4v) is 2.13. The summed E-state index contributed by atoms with van der Waals surface area (Å²) in [5.41, 5.74) is 1.45. The molecule has 0 heterocycles. The standard InChI is InChI=1S/C16H27N/c1-4-8-14(2)13-17-15(3)11-12-16-9-6-5-7-10-16/h5-7,9-10,14-15,17H,4,8,11-13H2,1-3H3. The van der Waals surface area contributed by atoms with E-state index < -0.39 is 0 Å². The summed E-state index contributed by atoms with van der Waals surface area (Å²) < 4.78 is 0. The third kappa shape index (κ3) is 6.48.